The Morgan fingerprint density at radius 3 is 2.54 bits per heavy atom. The van der Waals surface area contributed by atoms with Crippen molar-refractivity contribution in [3.8, 4) is 0 Å². The summed E-state index contributed by atoms with van der Waals surface area (Å²) in [6.45, 7) is 12.4. The van der Waals surface area contributed by atoms with E-state index in [1.54, 1.807) is 23.1 Å². The Balaban J connectivity index is 1.77. The lowest BCUT2D eigenvalue weighted by Crippen LogP contribution is -2.43. The zero-order chi connectivity index (χ0) is 17.4. The molecule has 3 rings (SSSR count). The molecule has 3 heterocycles. The Kier molecular flexibility index (Phi) is 5.16. The second-order valence-corrected chi connectivity index (χ2v) is 9.24. The SMILES string of the molecule is Cc1nc(SCC(=O)N2CC(C)CC(C)C2)c2c(C)c(C)sc2n1. The molecule has 0 N–H and O–H groups in total. The lowest BCUT2D eigenvalue weighted by atomic mass is 9.92. The number of aryl methyl sites for hydroxylation is 3. The molecule has 2 aromatic heterocycles. The third-order valence-electron chi connectivity index (χ3n) is 4.66. The normalized spacial score (nSPS) is 21.5. The van der Waals surface area contributed by atoms with Gasteiger partial charge in [0.25, 0.3) is 0 Å². The molecule has 0 spiro atoms. The van der Waals surface area contributed by atoms with Gasteiger partial charge in [-0.15, -0.1) is 11.3 Å². The molecule has 1 fully saturated rings. The molecule has 1 saturated heterocycles. The molecule has 6 heteroatoms. The van der Waals surface area contributed by atoms with Crippen LogP contribution in [0.3, 0.4) is 0 Å². The minimum Gasteiger partial charge on any atom is -0.341 e. The Labute approximate surface area is 152 Å². The van der Waals surface area contributed by atoms with E-state index in [-0.39, 0.29) is 5.91 Å². The molecule has 0 aromatic carbocycles. The molecule has 1 aliphatic rings. The van der Waals surface area contributed by atoms with E-state index in [1.807, 2.05) is 11.8 Å². The van der Waals surface area contributed by atoms with Crippen LogP contribution < -0.4 is 0 Å². The summed E-state index contributed by atoms with van der Waals surface area (Å²) in [6, 6.07) is 0. The van der Waals surface area contributed by atoms with E-state index in [1.165, 1.54) is 16.9 Å². The van der Waals surface area contributed by atoms with E-state index in [9.17, 15) is 4.79 Å². The third-order valence-corrected chi connectivity index (χ3v) is 6.72. The van der Waals surface area contributed by atoms with Crippen LogP contribution in [0.25, 0.3) is 10.2 Å². The highest BCUT2D eigenvalue weighted by Gasteiger charge is 2.25. The molecule has 130 valence electrons. The van der Waals surface area contributed by atoms with Gasteiger partial charge in [-0.2, -0.15) is 0 Å². The first-order valence-electron chi connectivity index (χ1n) is 8.50. The molecular weight excluding hydrogens is 338 g/mol. The van der Waals surface area contributed by atoms with Gasteiger partial charge in [0.2, 0.25) is 5.91 Å². The molecule has 0 saturated carbocycles. The number of rotatable bonds is 3. The molecule has 0 aliphatic carbocycles. The summed E-state index contributed by atoms with van der Waals surface area (Å²) >= 11 is 3.27. The molecule has 24 heavy (non-hydrogen) atoms. The molecule has 4 nitrogen and oxygen atoms in total. The first-order valence-corrected chi connectivity index (χ1v) is 10.3. The summed E-state index contributed by atoms with van der Waals surface area (Å²) in [4.78, 5) is 26.1. The minimum absolute atomic E-state index is 0.229. The number of thiophene rings is 1. The largest absolute Gasteiger partial charge is 0.341 e. The molecule has 0 radical (unpaired) electrons. The fourth-order valence-corrected chi connectivity index (χ4v) is 5.68. The number of piperidine rings is 1. The van der Waals surface area contributed by atoms with E-state index in [0.717, 1.165) is 34.2 Å². The number of amides is 1. The minimum atomic E-state index is 0.229. The van der Waals surface area contributed by atoms with Gasteiger partial charge in [0.1, 0.15) is 15.7 Å². The van der Waals surface area contributed by atoms with E-state index in [4.69, 9.17) is 0 Å². The van der Waals surface area contributed by atoms with E-state index in [0.29, 0.717) is 17.6 Å². The number of hydrogen-bond donors (Lipinski definition) is 0. The molecule has 2 aromatic rings. The van der Waals surface area contributed by atoms with Crippen molar-refractivity contribution in [2.75, 3.05) is 18.8 Å². The van der Waals surface area contributed by atoms with Gasteiger partial charge < -0.3 is 4.90 Å². The average molecular weight is 364 g/mol. The predicted molar refractivity (Wildman–Crippen MR) is 102 cm³/mol. The Hall–Kier alpha value is -1.14. The quantitative estimate of drug-likeness (QED) is 0.605. The van der Waals surface area contributed by atoms with Crippen molar-refractivity contribution in [1.82, 2.24) is 14.9 Å². The number of hydrogen-bond acceptors (Lipinski definition) is 5. The smallest absolute Gasteiger partial charge is 0.233 e. The summed E-state index contributed by atoms with van der Waals surface area (Å²) in [5.74, 6) is 2.65. The number of aromatic nitrogens is 2. The highest BCUT2D eigenvalue weighted by Crippen LogP contribution is 2.35. The average Bonchev–Trinajstić information content (AvgIpc) is 2.78. The van der Waals surface area contributed by atoms with Crippen LogP contribution in [0.5, 0.6) is 0 Å². The standard InChI is InChI=1S/C18H25N3OS2/c1-10-6-11(2)8-21(7-10)15(22)9-23-17-16-12(3)13(4)24-18(16)20-14(5)19-17/h10-11H,6-9H2,1-5H3. The van der Waals surface area contributed by atoms with Crippen molar-refractivity contribution >= 4 is 39.2 Å². The van der Waals surface area contributed by atoms with E-state index in [2.05, 4.69) is 37.7 Å². The van der Waals surface area contributed by atoms with Gasteiger partial charge in [0.05, 0.1) is 5.75 Å². The van der Waals surface area contributed by atoms with Gasteiger partial charge >= 0.3 is 0 Å². The van der Waals surface area contributed by atoms with Crippen molar-refractivity contribution in [3.63, 3.8) is 0 Å². The zero-order valence-corrected chi connectivity index (χ0v) is 16.7. The first-order chi connectivity index (χ1) is 11.3. The topological polar surface area (TPSA) is 46.1 Å². The summed E-state index contributed by atoms with van der Waals surface area (Å²) in [5.41, 5.74) is 1.24. The Morgan fingerprint density at radius 2 is 1.88 bits per heavy atom. The Morgan fingerprint density at radius 1 is 1.21 bits per heavy atom. The fourth-order valence-electron chi connectivity index (χ4n) is 3.51. The highest BCUT2D eigenvalue weighted by molar-refractivity contribution is 8.00. The van der Waals surface area contributed by atoms with E-state index < -0.39 is 0 Å². The maximum atomic E-state index is 12.6. The lowest BCUT2D eigenvalue weighted by molar-refractivity contribution is -0.130. The summed E-state index contributed by atoms with van der Waals surface area (Å²) < 4.78 is 0. The van der Waals surface area contributed by atoms with Crippen molar-refractivity contribution in [1.29, 1.82) is 0 Å². The van der Waals surface area contributed by atoms with Gasteiger partial charge in [-0.3, -0.25) is 4.79 Å². The molecule has 1 amide bonds. The molecule has 2 unspecified atom stereocenters. The molecular formula is C18H25N3OS2. The van der Waals surface area contributed by atoms with Crippen molar-refractivity contribution in [3.05, 3.63) is 16.3 Å². The maximum Gasteiger partial charge on any atom is 0.233 e. The van der Waals surface area contributed by atoms with Crippen molar-refractivity contribution in [2.45, 2.75) is 46.1 Å². The second-order valence-electron chi connectivity index (χ2n) is 7.07. The van der Waals surface area contributed by atoms with Crippen molar-refractivity contribution in [2.24, 2.45) is 11.8 Å². The molecule has 1 aliphatic heterocycles. The number of likely N-dealkylation sites (tertiary alicyclic amines) is 1. The van der Waals surface area contributed by atoms with Crippen LogP contribution in [0.1, 0.15) is 36.5 Å². The van der Waals surface area contributed by atoms with Crippen LogP contribution in [0.15, 0.2) is 5.03 Å². The fraction of sp³-hybridized carbons (Fsp3) is 0.611. The first kappa shape index (κ1) is 17.7. The molecule has 2 atom stereocenters. The number of carbonyl (C=O) groups excluding carboxylic acids is 1. The monoisotopic (exact) mass is 363 g/mol. The van der Waals surface area contributed by atoms with Crippen LogP contribution in [-0.2, 0) is 4.79 Å². The van der Waals surface area contributed by atoms with Crippen molar-refractivity contribution < 1.29 is 4.79 Å². The van der Waals surface area contributed by atoms with Gasteiger partial charge in [0, 0.05) is 23.4 Å². The van der Waals surface area contributed by atoms with Gasteiger partial charge in [-0.1, -0.05) is 25.6 Å². The zero-order valence-electron chi connectivity index (χ0n) is 15.0. The number of fused-ring (bicyclic) bond motifs is 1. The molecule has 0 bridgehead atoms. The van der Waals surface area contributed by atoms with Crippen LogP contribution in [0.2, 0.25) is 0 Å². The Bertz CT molecular complexity index is 761. The number of nitrogens with zero attached hydrogens (tertiary/aromatic N) is 3. The summed E-state index contributed by atoms with van der Waals surface area (Å²) in [5, 5.41) is 2.08. The van der Waals surface area contributed by atoms with Crippen LogP contribution >= 0.6 is 23.1 Å². The maximum absolute atomic E-state index is 12.6. The van der Waals surface area contributed by atoms with Gasteiger partial charge in [-0.05, 0) is 44.6 Å². The van der Waals surface area contributed by atoms with Crippen LogP contribution in [0.4, 0.5) is 0 Å². The number of carbonyl (C=O) groups is 1. The summed E-state index contributed by atoms with van der Waals surface area (Å²) in [6.07, 6.45) is 1.22. The number of thioether (sulfide) groups is 1. The van der Waals surface area contributed by atoms with Crippen LogP contribution in [0, 0.1) is 32.6 Å². The van der Waals surface area contributed by atoms with Crippen LogP contribution in [-0.4, -0.2) is 39.6 Å². The highest BCUT2D eigenvalue weighted by atomic mass is 32.2. The third kappa shape index (κ3) is 3.59. The predicted octanol–water partition coefficient (Wildman–Crippen LogP) is 4.21. The summed E-state index contributed by atoms with van der Waals surface area (Å²) in [7, 11) is 0. The van der Waals surface area contributed by atoms with E-state index >= 15 is 0 Å². The second kappa shape index (κ2) is 7.00. The van der Waals surface area contributed by atoms with Gasteiger partial charge in [-0.25, -0.2) is 9.97 Å². The lowest BCUT2D eigenvalue weighted by Gasteiger charge is -2.35. The van der Waals surface area contributed by atoms with Gasteiger partial charge in [0.15, 0.2) is 0 Å².